The Balaban J connectivity index is 2.20. The van der Waals surface area contributed by atoms with Gasteiger partial charge in [-0.15, -0.1) is 0 Å². The first-order valence-corrected chi connectivity index (χ1v) is 4.88. The zero-order valence-electron chi connectivity index (χ0n) is 6.76. The predicted octanol–water partition coefficient (Wildman–Crippen LogP) is 3.10. The molecular weight excluding hydrogens is 170 g/mol. The molecule has 2 aliphatic carbocycles. The molecule has 3 rings (SSSR count). The number of hydrogen-bond donors (Lipinski definition) is 0. The molecule has 1 fully saturated rings. The van der Waals surface area contributed by atoms with Gasteiger partial charge in [-0.1, -0.05) is 11.6 Å². The molecule has 12 heavy (non-hydrogen) atoms. The summed E-state index contributed by atoms with van der Waals surface area (Å²) in [4.78, 5) is 4.13. The summed E-state index contributed by atoms with van der Waals surface area (Å²) in [5.41, 5.74) is 2.95. The Labute approximate surface area is 76.8 Å². The van der Waals surface area contributed by atoms with E-state index in [1.165, 1.54) is 30.4 Å². The van der Waals surface area contributed by atoms with Gasteiger partial charge < -0.3 is 0 Å². The van der Waals surface area contributed by atoms with Gasteiger partial charge >= 0.3 is 0 Å². The maximum Gasteiger partial charge on any atom is 0.129 e. The van der Waals surface area contributed by atoms with Crippen molar-refractivity contribution in [3.8, 4) is 0 Å². The van der Waals surface area contributed by atoms with Gasteiger partial charge in [0.2, 0.25) is 0 Å². The van der Waals surface area contributed by atoms with Crippen molar-refractivity contribution < 1.29 is 0 Å². The SMILES string of the molecule is Clc1cc2c(cn1)[C@@H]1CCC2C1. The van der Waals surface area contributed by atoms with Crippen LogP contribution in [0.1, 0.15) is 42.2 Å². The molecule has 1 heterocycles. The summed E-state index contributed by atoms with van der Waals surface area (Å²) in [6, 6.07) is 2.06. The van der Waals surface area contributed by atoms with Crippen LogP contribution in [-0.2, 0) is 0 Å². The van der Waals surface area contributed by atoms with Crippen molar-refractivity contribution in [3.63, 3.8) is 0 Å². The summed E-state index contributed by atoms with van der Waals surface area (Å²) in [7, 11) is 0. The Kier molecular flexibility index (Phi) is 1.28. The van der Waals surface area contributed by atoms with E-state index in [-0.39, 0.29) is 0 Å². The molecule has 1 nitrogen and oxygen atoms in total. The van der Waals surface area contributed by atoms with E-state index in [9.17, 15) is 0 Å². The highest BCUT2D eigenvalue weighted by Crippen LogP contribution is 2.52. The Bertz CT molecular complexity index is 335. The summed E-state index contributed by atoms with van der Waals surface area (Å²) < 4.78 is 0. The van der Waals surface area contributed by atoms with Crippen LogP contribution in [0.4, 0.5) is 0 Å². The second kappa shape index (κ2) is 2.23. The first-order valence-electron chi connectivity index (χ1n) is 4.50. The molecule has 2 bridgehead atoms. The summed E-state index contributed by atoms with van der Waals surface area (Å²) in [6.07, 6.45) is 6.04. The Morgan fingerprint density at radius 2 is 2.00 bits per heavy atom. The molecule has 1 aromatic rings. The quantitative estimate of drug-likeness (QED) is 0.558. The highest BCUT2D eigenvalue weighted by molar-refractivity contribution is 6.29. The number of nitrogens with zero attached hydrogens (tertiary/aromatic N) is 1. The maximum absolute atomic E-state index is 5.85. The van der Waals surface area contributed by atoms with Crippen LogP contribution < -0.4 is 0 Å². The van der Waals surface area contributed by atoms with E-state index in [4.69, 9.17) is 11.6 Å². The summed E-state index contributed by atoms with van der Waals surface area (Å²) in [5.74, 6) is 1.60. The molecule has 1 aromatic heterocycles. The van der Waals surface area contributed by atoms with Gasteiger partial charge in [0, 0.05) is 6.20 Å². The highest BCUT2D eigenvalue weighted by Gasteiger charge is 2.36. The largest absolute Gasteiger partial charge is 0.244 e. The monoisotopic (exact) mass is 179 g/mol. The third-order valence-corrected chi connectivity index (χ3v) is 3.45. The first kappa shape index (κ1) is 6.90. The molecule has 0 amide bonds. The molecule has 2 atom stereocenters. The zero-order chi connectivity index (χ0) is 8.13. The van der Waals surface area contributed by atoms with Crippen molar-refractivity contribution in [2.24, 2.45) is 0 Å². The lowest BCUT2D eigenvalue weighted by molar-refractivity contribution is 0.713. The normalized spacial score (nSPS) is 30.8. The van der Waals surface area contributed by atoms with E-state index in [0.717, 1.165) is 11.8 Å². The van der Waals surface area contributed by atoms with Crippen LogP contribution in [0.15, 0.2) is 12.3 Å². The number of pyridine rings is 1. The van der Waals surface area contributed by atoms with Gasteiger partial charge in [0.25, 0.3) is 0 Å². The third kappa shape index (κ3) is 0.776. The molecule has 2 aliphatic rings. The van der Waals surface area contributed by atoms with Gasteiger partial charge in [-0.2, -0.15) is 0 Å². The Morgan fingerprint density at radius 3 is 2.83 bits per heavy atom. The summed E-state index contributed by atoms with van der Waals surface area (Å²) in [6.45, 7) is 0. The van der Waals surface area contributed by atoms with Crippen LogP contribution in [0.25, 0.3) is 0 Å². The number of hydrogen-bond acceptors (Lipinski definition) is 1. The minimum absolute atomic E-state index is 0.654. The minimum atomic E-state index is 0.654. The highest BCUT2D eigenvalue weighted by atomic mass is 35.5. The smallest absolute Gasteiger partial charge is 0.129 e. The number of aromatic nitrogens is 1. The van der Waals surface area contributed by atoms with Crippen LogP contribution in [-0.4, -0.2) is 4.98 Å². The Morgan fingerprint density at radius 1 is 1.25 bits per heavy atom. The molecule has 1 saturated carbocycles. The third-order valence-electron chi connectivity index (χ3n) is 3.25. The van der Waals surface area contributed by atoms with E-state index in [1.54, 1.807) is 0 Å². The van der Waals surface area contributed by atoms with E-state index < -0.39 is 0 Å². The minimum Gasteiger partial charge on any atom is -0.244 e. The molecule has 0 spiro atoms. The van der Waals surface area contributed by atoms with Gasteiger partial charge in [0.1, 0.15) is 5.15 Å². The fraction of sp³-hybridized carbons (Fsp3) is 0.500. The lowest BCUT2D eigenvalue weighted by Crippen LogP contribution is -1.98. The van der Waals surface area contributed by atoms with Crippen LogP contribution >= 0.6 is 11.6 Å². The fourth-order valence-electron chi connectivity index (χ4n) is 2.70. The lowest BCUT2D eigenvalue weighted by Gasteiger charge is -2.13. The Hall–Kier alpha value is -0.560. The molecule has 1 unspecified atom stereocenters. The number of rotatable bonds is 0. The van der Waals surface area contributed by atoms with Gasteiger partial charge in [0.05, 0.1) is 0 Å². The van der Waals surface area contributed by atoms with Crippen molar-refractivity contribution in [1.29, 1.82) is 0 Å². The molecule has 0 N–H and O–H groups in total. The van der Waals surface area contributed by atoms with E-state index in [1.807, 2.05) is 6.20 Å². The van der Waals surface area contributed by atoms with Gasteiger partial charge in [-0.05, 0) is 48.3 Å². The molecule has 62 valence electrons. The second-order valence-corrected chi connectivity index (χ2v) is 4.23. The topological polar surface area (TPSA) is 12.9 Å². The lowest BCUT2D eigenvalue weighted by atomic mass is 9.94. The first-order chi connectivity index (χ1) is 5.84. The van der Waals surface area contributed by atoms with Crippen molar-refractivity contribution in [1.82, 2.24) is 4.98 Å². The standard InChI is InChI=1S/C10H10ClN/c11-10-4-8-6-1-2-7(3-6)9(8)5-12-10/h4-7H,1-3H2/t6?,7-/m1/s1. The van der Waals surface area contributed by atoms with E-state index in [2.05, 4.69) is 11.1 Å². The molecule has 0 radical (unpaired) electrons. The van der Waals surface area contributed by atoms with Gasteiger partial charge in [-0.3, -0.25) is 0 Å². The van der Waals surface area contributed by atoms with Crippen molar-refractivity contribution >= 4 is 11.6 Å². The average molecular weight is 180 g/mol. The molecule has 0 aromatic carbocycles. The molecule has 2 heteroatoms. The molecule has 0 aliphatic heterocycles. The molecule has 0 saturated heterocycles. The van der Waals surface area contributed by atoms with Crippen LogP contribution in [0, 0.1) is 0 Å². The van der Waals surface area contributed by atoms with Crippen molar-refractivity contribution in [2.45, 2.75) is 31.1 Å². The van der Waals surface area contributed by atoms with E-state index in [0.29, 0.717) is 5.15 Å². The maximum atomic E-state index is 5.85. The van der Waals surface area contributed by atoms with Gasteiger partial charge in [0.15, 0.2) is 0 Å². The van der Waals surface area contributed by atoms with E-state index >= 15 is 0 Å². The number of fused-ring (bicyclic) bond motifs is 5. The van der Waals surface area contributed by atoms with Crippen molar-refractivity contribution in [2.75, 3.05) is 0 Å². The van der Waals surface area contributed by atoms with Crippen molar-refractivity contribution in [3.05, 3.63) is 28.5 Å². The fourth-order valence-corrected chi connectivity index (χ4v) is 2.86. The summed E-state index contributed by atoms with van der Waals surface area (Å²) >= 11 is 5.85. The predicted molar refractivity (Wildman–Crippen MR) is 48.6 cm³/mol. The van der Waals surface area contributed by atoms with Crippen LogP contribution in [0.5, 0.6) is 0 Å². The molecular formula is C10H10ClN. The zero-order valence-corrected chi connectivity index (χ0v) is 7.51. The average Bonchev–Trinajstić information content (AvgIpc) is 2.63. The van der Waals surface area contributed by atoms with Gasteiger partial charge in [-0.25, -0.2) is 4.98 Å². The summed E-state index contributed by atoms with van der Waals surface area (Å²) in [5, 5.41) is 0.654. The number of halogens is 1. The van der Waals surface area contributed by atoms with Crippen LogP contribution in [0.2, 0.25) is 5.15 Å². The van der Waals surface area contributed by atoms with Crippen LogP contribution in [0.3, 0.4) is 0 Å². The second-order valence-electron chi connectivity index (χ2n) is 3.84.